The van der Waals surface area contributed by atoms with Crippen molar-refractivity contribution in [1.29, 1.82) is 0 Å². The largest absolute Gasteiger partial charge is 0.296 e. The Kier molecular flexibility index (Phi) is 2.60. The lowest BCUT2D eigenvalue weighted by molar-refractivity contribution is 0.111. The van der Waals surface area contributed by atoms with E-state index in [-0.39, 0.29) is 0 Å². The van der Waals surface area contributed by atoms with E-state index in [1.165, 1.54) is 11.1 Å². The fraction of sp³-hybridized carbons (Fsp3) is 0.231. The minimum Gasteiger partial charge on any atom is -0.296 e. The topological polar surface area (TPSA) is 34.9 Å². The van der Waals surface area contributed by atoms with Gasteiger partial charge in [-0.3, -0.25) is 9.48 Å². The standard InChI is InChI=1S/C13H14N2O/c1-9-4-10(2)6-11(5-9)13-7-12(8-16)15(3)14-13/h4-8H,1-3H3. The summed E-state index contributed by atoms with van der Waals surface area (Å²) in [6.07, 6.45) is 0.819. The Morgan fingerprint density at radius 3 is 2.25 bits per heavy atom. The third-order valence-electron chi connectivity index (χ3n) is 2.55. The Bertz CT molecular complexity index is 521. The first kappa shape index (κ1) is 10.6. The summed E-state index contributed by atoms with van der Waals surface area (Å²) in [5.41, 5.74) is 4.90. The smallest absolute Gasteiger partial charge is 0.168 e. The van der Waals surface area contributed by atoms with E-state index in [9.17, 15) is 4.79 Å². The van der Waals surface area contributed by atoms with E-state index in [2.05, 4.69) is 37.1 Å². The summed E-state index contributed by atoms with van der Waals surface area (Å²) in [6, 6.07) is 8.07. The highest BCUT2D eigenvalue weighted by atomic mass is 16.1. The van der Waals surface area contributed by atoms with Crippen LogP contribution in [0.3, 0.4) is 0 Å². The summed E-state index contributed by atoms with van der Waals surface area (Å²) in [6.45, 7) is 4.11. The molecule has 1 aromatic carbocycles. The van der Waals surface area contributed by atoms with E-state index in [4.69, 9.17) is 0 Å². The predicted molar refractivity (Wildman–Crippen MR) is 63.5 cm³/mol. The average Bonchev–Trinajstić information content (AvgIpc) is 2.58. The van der Waals surface area contributed by atoms with Gasteiger partial charge >= 0.3 is 0 Å². The van der Waals surface area contributed by atoms with Crippen LogP contribution < -0.4 is 0 Å². The molecular formula is C13H14N2O. The second-order valence-corrected chi connectivity index (χ2v) is 4.07. The number of hydrogen-bond donors (Lipinski definition) is 0. The maximum atomic E-state index is 10.7. The van der Waals surface area contributed by atoms with Gasteiger partial charge in [0.05, 0.1) is 5.69 Å². The molecule has 0 aliphatic heterocycles. The van der Waals surface area contributed by atoms with Crippen LogP contribution in [0.5, 0.6) is 0 Å². The Morgan fingerprint density at radius 1 is 1.12 bits per heavy atom. The molecule has 0 N–H and O–H groups in total. The highest BCUT2D eigenvalue weighted by Crippen LogP contribution is 2.21. The quantitative estimate of drug-likeness (QED) is 0.720. The van der Waals surface area contributed by atoms with E-state index in [0.717, 1.165) is 17.5 Å². The molecule has 82 valence electrons. The van der Waals surface area contributed by atoms with Crippen molar-refractivity contribution in [3.05, 3.63) is 41.1 Å². The van der Waals surface area contributed by atoms with E-state index in [0.29, 0.717) is 5.69 Å². The van der Waals surface area contributed by atoms with E-state index in [1.54, 1.807) is 17.8 Å². The molecule has 2 rings (SSSR count). The third kappa shape index (κ3) is 1.89. The number of hydrogen-bond acceptors (Lipinski definition) is 2. The molecule has 0 bridgehead atoms. The molecule has 16 heavy (non-hydrogen) atoms. The molecular weight excluding hydrogens is 200 g/mol. The zero-order valence-electron chi connectivity index (χ0n) is 9.69. The van der Waals surface area contributed by atoms with Gasteiger partial charge in [-0.15, -0.1) is 0 Å². The molecule has 0 saturated carbocycles. The van der Waals surface area contributed by atoms with Crippen LogP contribution in [-0.4, -0.2) is 16.1 Å². The number of aldehydes is 1. The van der Waals surface area contributed by atoms with Crippen LogP contribution in [-0.2, 0) is 7.05 Å². The number of aromatic nitrogens is 2. The third-order valence-corrected chi connectivity index (χ3v) is 2.55. The molecule has 0 fully saturated rings. The first-order chi connectivity index (χ1) is 7.60. The van der Waals surface area contributed by atoms with Crippen LogP contribution in [0.2, 0.25) is 0 Å². The number of aryl methyl sites for hydroxylation is 3. The van der Waals surface area contributed by atoms with Crippen molar-refractivity contribution >= 4 is 6.29 Å². The van der Waals surface area contributed by atoms with Crippen molar-refractivity contribution in [3.8, 4) is 11.3 Å². The van der Waals surface area contributed by atoms with Crippen molar-refractivity contribution in [2.45, 2.75) is 13.8 Å². The van der Waals surface area contributed by atoms with Crippen LogP contribution in [0, 0.1) is 13.8 Å². The highest BCUT2D eigenvalue weighted by Gasteiger charge is 2.06. The van der Waals surface area contributed by atoms with Crippen molar-refractivity contribution < 1.29 is 4.79 Å². The highest BCUT2D eigenvalue weighted by molar-refractivity contribution is 5.76. The first-order valence-corrected chi connectivity index (χ1v) is 5.18. The lowest BCUT2D eigenvalue weighted by atomic mass is 10.1. The molecule has 3 heteroatoms. The summed E-state index contributed by atoms with van der Waals surface area (Å²) >= 11 is 0. The van der Waals surface area contributed by atoms with Gasteiger partial charge in [0.15, 0.2) is 6.29 Å². The molecule has 0 saturated heterocycles. The van der Waals surface area contributed by atoms with Gasteiger partial charge in [-0.2, -0.15) is 5.10 Å². The zero-order chi connectivity index (χ0) is 11.7. The molecule has 1 heterocycles. The van der Waals surface area contributed by atoms with Gasteiger partial charge in [0, 0.05) is 12.6 Å². The minimum atomic E-state index is 0.592. The Morgan fingerprint density at radius 2 is 1.75 bits per heavy atom. The molecule has 0 unspecified atom stereocenters. The van der Waals surface area contributed by atoms with E-state index >= 15 is 0 Å². The maximum Gasteiger partial charge on any atom is 0.168 e. The van der Waals surface area contributed by atoms with Gasteiger partial charge in [0.25, 0.3) is 0 Å². The van der Waals surface area contributed by atoms with Crippen LogP contribution in [0.1, 0.15) is 21.6 Å². The van der Waals surface area contributed by atoms with Crippen LogP contribution in [0.25, 0.3) is 11.3 Å². The zero-order valence-corrected chi connectivity index (χ0v) is 9.69. The lowest BCUT2D eigenvalue weighted by Crippen LogP contribution is -1.95. The second-order valence-electron chi connectivity index (χ2n) is 4.07. The summed E-state index contributed by atoms with van der Waals surface area (Å²) in [7, 11) is 1.77. The van der Waals surface area contributed by atoms with Gasteiger partial charge < -0.3 is 0 Å². The fourth-order valence-corrected chi connectivity index (χ4v) is 1.86. The van der Waals surface area contributed by atoms with Gasteiger partial charge in [0.2, 0.25) is 0 Å². The number of carbonyl (C=O) groups is 1. The monoisotopic (exact) mass is 214 g/mol. The van der Waals surface area contributed by atoms with Gasteiger partial charge in [-0.1, -0.05) is 17.2 Å². The van der Waals surface area contributed by atoms with Crippen molar-refractivity contribution in [3.63, 3.8) is 0 Å². The predicted octanol–water partition coefficient (Wildman–Crippen LogP) is 2.52. The minimum absolute atomic E-state index is 0.592. The molecule has 2 aromatic rings. The molecule has 3 nitrogen and oxygen atoms in total. The SMILES string of the molecule is Cc1cc(C)cc(-c2cc(C=O)n(C)n2)c1. The molecule has 0 radical (unpaired) electrons. The Labute approximate surface area is 94.7 Å². The molecule has 0 aliphatic rings. The van der Waals surface area contributed by atoms with Crippen molar-refractivity contribution in [1.82, 2.24) is 9.78 Å². The number of nitrogens with zero attached hydrogens (tertiary/aromatic N) is 2. The normalized spacial score (nSPS) is 10.4. The van der Waals surface area contributed by atoms with Crippen molar-refractivity contribution in [2.75, 3.05) is 0 Å². The van der Waals surface area contributed by atoms with Gasteiger partial charge in [-0.05, 0) is 32.0 Å². The number of benzene rings is 1. The molecule has 0 amide bonds. The Balaban J connectivity index is 2.53. The first-order valence-electron chi connectivity index (χ1n) is 5.18. The Hall–Kier alpha value is -1.90. The summed E-state index contributed by atoms with van der Waals surface area (Å²) < 4.78 is 1.60. The molecule has 0 spiro atoms. The van der Waals surface area contributed by atoms with Crippen molar-refractivity contribution in [2.24, 2.45) is 7.05 Å². The molecule has 1 aromatic heterocycles. The molecule has 0 aliphatic carbocycles. The fourth-order valence-electron chi connectivity index (χ4n) is 1.86. The van der Waals surface area contributed by atoms with Gasteiger partial charge in [0.1, 0.15) is 5.69 Å². The van der Waals surface area contributed by atoms with E-state index < -0.39 is 0 Å². The van der Waals surface area contributed by atoms with Crippen LogP contribution in [0.4, 0.5) is 0 Å². The summed E-state index contributed by atoms with van der Waals surface area (Å²) in [4.78, 5) is 10.7. The average molecular weight is 214 g/mol. The summed E-state index contributed by atoms with van der Waals surface area (Å²) in [5, 5.41) is 4.32. The molecule has 0 atom stereocenters. The van der Waals surface area contributed by atoms with E-state index in [1.807, 2.05) is 0 Å². The second kappa shape index (κ2) is 3.93. The lowest BCUT2D eigenvalue weighted by Gasteiger charge is -2.01. The van der Waals surface area contributed by atoms with Crippen LogP contribution in [0.15, 0.2) is 24.3 Å². The van der Waals surface area contributed by atoms with Crippen LogP contribution >= 0.6 is 0 Å². The van der Waals surface area contributed by atoms with Gasteiger partial charge in [-0.25, -0.2) is 0 Å². The maximum absolute atomic E-state index is 10.7. The number of carbonyl (C=O) groups excluding carboxylic acids is 1. The number of rotatable bonds is 2. The summed E-state index contributed by atoms with van der Waals surface area (Å²) in [5.74, 6) is 0.